The highest BCUT2D eigenvalue weighted by Gasteiger charge is 2.25. The first kappa shape index (κ1) is 21.3. The van der Waals surface area contributed by atoms with Crippen LogP contribution in [-0.4, -0.2) is 47.1 Å². The summed E-state index contributed by atoms with van der Waals surface area (Å²) < 4.78 is 0. The molecule has 1 unspecified atom stereocenters. The van der Waals surface area contributed by atoms with E-state index in [-0.39, 0.29) is 17.2 Å². The summed E-state index contributed by atoms with van der Waals surface area (Å²) in [5.41, 5.74) is 1.90. The number of likely N-dealkylation sites (N-methyl/N-ethyl adjacent to an activating group) is 1. The average Bonchev–Trinajstić information content (AvgIpc) is 2.59. The maximum Gasteiger partial charge on any atom is 0.339 e. The molecule has 1 heterocycles. The van der Waals surface area contributed by atoms with Crippen molar-refractivity contribution in [3.63, 3.8) is 0 Å². The van der Waals surface area contributed by atoms with Gasteiger partial charge in [-0.3, -0.25) is 0 Å². The van der Waals surface area contributed by atoms with Crippen molar-refractivity contribution in [2.45, 2.75) is 12.3 Å². The number of piperidine rings is 1. The van der Waals surface area contributed by atoms with Gasteiger partial charge in [0.1, 0.15) is 11.3 Å². The number of phenols is 1. The second-order valence-corrected chi connectivity index (χ2v) is 6.35. The average molecular weight is 384 g/mol. The fourth-order valence-electron chi connectivity index (χ4n) is 2.76. The van der Waals surface area contributed by atoms with Gasteiger partial charge in [-0.1, -0.05) is 29.3 Å². The van der Waals surface area contributed by atoms with E-state index in [1.54, 1.807) is 12.1 Å². The maximum absolute atomic E-state index is 11.2. The second kappa shape index (κ2) is 10.3. The van der Waals surface area contributed by atoms with E-state index >= 15 is 0 Å². The standard InChI is InChI=1S/C17H19Cl2NO3.C2H4/c1-20-7-5-12(8-13(19)4-6-18)15(10-20)11-2-3-16(21)14(9-11)17(22)23;1-2/h2-4,8-9,15,21H,5-7,10H2,1H3,(H,22,23);1-2H2/b12-8+,13-4+;. The van der Waals surface area contributed by atoms with Crippen LogP contribution in [0.4, 0.5) is 0 Å². The van der Waals surface area contributed by atoms with E-state index in [1.165, 1.54) is 12.1 Å². The minimum Gasteiger partial charge on any atom is -0.507 e. The molecule has 0 amide bonds. The molecule has 1 aliphatic rings. The summed E-state index contributed by atoms with van der Waals surface area (Å²) in [6.45, 7) is 7.68. The summed E-state index contributed by atoms with van der Waals surface area (Å²) in [6, 6.07) is 4.73. The number of benzene rings is 1. The van der Waals surface area contributed by atoms with Gasteiger partial charge in [0.25, 0.3) is 0 Å². The number of allylic oxidation sites excluding steroid dienone is 3. The highest BCUT2D eigenvalue weighted by Crippen LogP contribution is 2.34. The smallest absolute Gasteiger partial charge is 0.339 e. The molecule has 2 N–H and O–H groups in total. The van der Waals surface area contributed by atoms with E-state index < -0.39 is 5.97 Å². The number of rotatable bonds is 4. The van der Waals surface area contributed by atoms with Gasteiger partial charge in [0, 0.05) is 29.9 Å². The SMILES string of the molecule is C=C.CN1CC/C(=C\C(Cl)=C/CCl)C(c2ccc(O)c(C(=O)O)c2)C1. The number of halogens is 2. The van der Waals surface area contributed by atoms with Gasteiger partial charge in [-0.15, -0.1) is 24.8 Å². The van der Waals surface area contributed by atoms with Crippen LogP contribution in [0.5, 0.6) is 5.75 Å². The number of carboxylic acid groups (broad SMARTS) is 1. The van der Waals surface area contributed by atoms with Crippen LogP contribution in [0.15, 0.2) is 54.1 Å². The van der Waals surface area contributed by atoms with E-state index in [2.05, 4.69) is 18.1 Å². The number of hydrogen-bond acceptors (Lipinski definition) is 3. The normalized spacial score (nSPS) is 20.0. The van der Waals surface area contributed by atoms with E-state index in [9.17, 15) is 15.0 Å². The summed E-state index contributed by atoms with van der Waals surface area (Å²) >= 11 is 11.8. The van der Waals surface area contributed by atoms with Crippen LogP contribution in [0.1, 0.15) is 28.3 Å². The summed E-state index contributed by atoms with van der Waals surface area (Å²) in [7, 11) is 2.03. The van der Waals surface area contributed by atoms with Gasteiger partial charge in [-0.25, -0.2) is 4.79 Å². The predicted octanol–water partition coefficient (Wildman–Crippen LogP) is 4.60. The molecule has 1 aromatic carbocycles. The lowest BCUT2D eigenvalue weighted by molar-refractivity contribution is 0.0693. The third kappa shape index (κ3) is 5.92. The fourth-order valence-corrected chi connectivity index (χ4v) is 3.22. The molecule has 0 aromatic heterocycles. The molecule has 2 rings (SSSR count). The molecule has 4 nitrogen and oxygen atoms in total. The van der Waals surface area contributed by atoms with Gasteiger partial charge in [0.05, 0.1) is 0 Å². The lowest BCUT2D eigenvalue weighted by Gasteiger charge is -2.33. The Morgan fingerprint density at radius 3 is 2.72 bits per heavy atom. The van der Waals surface area contributed by atoms with Gasteiger partial charge in [0.2, 0.25) is 0 Å². The second-order valence-electron chi connectivity index (χ2n) is 5.61. The third-order valence-corrected chi connectivity index (χ3v) is 4.39. The number of carboxylic acids is 1. The lowest BCUT2D eigenvalue weighted by atomic mass is 9.84. The highest BCUT2D eigenvalue weighted by molar-refractivity contribution is 6.32. The summed E-state index contributed by atoms with van der Waals surface area (Å²) in [5, 5.41) is 19.5. The van der Waals surface area contributed by atoms with Crippen LogP contribution >= 0.6 is 23.2 Å². The number of alkyl halides is 1. The highest BCUT2D eigenvalue weighted by atomic mass is 35.5. The Labute approximate surface area is 158 Å². The molecule has 6 heteroatoms. The molecule has 1 fully saturated rings. The number of aromatic carboxylic acids is 1. The monoisotopic (exact) mass is 383 g/mol. The molecule has 1 aromatic rings. The topological polar surface area (TPSA) is 60.8 Å². The van der Waals surface area contributed by atoms with Crippen LogP contribution < -0.4 is 0 Å². The molecule has 25 heavy (non-hydrogen) atoms. The Morgan fingerprint density at radius 1 is 1.44 bits per heavy atom. The molecular weight excluding hydrogens is 361 g/mol. The van der Waals surface area contributed by atoms with Crippen LogP contribution in [-0.2, 0) is 0 Å². The van der Waals surface area contributed by atoms with Crippen molar-refractivity contribution in [3.05, 3.63) is 65.2 Å². The van der Waals surface area contributed by atoms with Crippen molar-refractivity contribution in [1.29, 1.82) is 0 Å². The molecule has 1 aliphatic heterocycles. The molecule has 0 bridgehead atoms. The van der Waals surface area contributed by atoms with Crippen molar-refractivity contribution in [3.8, 4) is 5.75 Å². The van der Waals surface area contributed by atoms with Crippen molar-refractivity contribution < 1.29 is 15.0 Å². The van der Waals surface area contributed by atoms with Crippen molar-refractivity contribution in [2.75, 3.05) is 26.0 Å². The molecular formula is C19H23Cl2NO3. The van der Waals surface area contributed by atoms with Gasteiger partial charge in [-0.05, 0) is 37.2 Å². The van der Waals surface area contributed by atoms with Gasteiger partial charge in [-0.2, -0.15) is 0 Å². The van der Waals surface area contributed by atoms with Crippen molar-refractivity contribution in [1.82, 2.24) is 4.90 Å². The molecule has 136 valence electrons. The number of nitrogens with zero attached hydrogens (tertiary/aromatic N) is 1. The summed E-state index contributed by atoms with van der Waals surface area (Å²) in [5.74, 6) is -0.990. The third-order valence-electron chi connectivity index (χ3n) is 3.97. The van der Waals surface area contributed by atoms with E-state index in [4.69, 9.17) is 23.2 Å². The van der Waals surface area contributed by atoms with Gasteiger partial charge >= 0.3 is 5.97 Å². The quantitative estimate of drug-likeness (QED) is 0.588. The van der Waals surface area contributed by atoms with Crippen LogP contribution in [0.25, 0.3) is 0 Å². The Bertz CT molecular complexity index is 671. The number of aromatic hydroxyl groups is 1. The van der Waals surface area contributed by atoms with Crippen molar-refractivity contribution in [2.24, 2.45) is 0 Å². The Hall–Kier alpha value is -1.75. The van der Waals surface area contributed by atoms with E-state index in [0.717, 1.165) is 30.6 Å². The number of carbonyl (C=O) groups is 1. The predicted molar refractivity (Wildman–Crippen MR) is 104 cm³/mol. The maximum atomic E-state index is 11.2. The van der Waals surface area contributed by atoms with E-state index in [0.29, 0.717) is 10.9 Å². The Balaban J connectivity index is 0.00000151. The van der Waals surface area contributed by atoms with Crippen LogP contribution in [0.2, 0.25) is 0 Å². The van der Waals surface area contributed by atoms with Crippen molar-refractivity contribution >= 4 is 29.2 Å². The molecule has 0 saturated carbocycles. The molecule has 0 radical (unpaired) electrons. The zero-order valence-electron chi connectivity index (χ0n) is 14.2. The Kier molecular flexibility index (Phi) is 8.76. The zero-order chi connectivity index (χ0) is 19.0. The van der Waals surface area contributed by atoms with Crippen LogP contribution in [0.3, 0.4) is 0 Å². The van der Waals surface area contributed by atoms with Crippen LogP contribution in [0, 0.1) is 0 Å². The first-order chi connectivity index (χ1) is 11.9. The first-order valence-corrected chi connectivity index (χ1v) is 8.70. The minimum atomic E-state index is -1.14. The Morgan fingerprint density at radius 2 is 2.12 bits per heavy atom. The molecule has 0 aliphatic carbocycles. The largest absolute Gasteiger partial charge is 0.507 e. The first-order valence-electron chi connectivity index (χ1n) is 7.79. The minimum absolute atomic E-state index is 0.0323. The van der Waals surface area contributed by atoms with Gasteiger partial charge in [0.15, 0.2) is 0 Å². The molecule has 1 atom stereocenters. The molecule has 1 saturated heterocycles. The summed E-state index contributed by atoms with van der Waals surface area (Å²) in [6.07, 6.45) is 4.48. The number of hydrogen-bond donors (Lipinski definition) is 2. The summed E-state index contributed by atoms with van der Waals surface area (Å²) in [4.78, 5) is 13.4. The zero-order valence-corrected chi connectivity index (χ0v) is 15.7. The van der Waals surface area contributed by atoms with E-state index in [1.807, 2.05) is 13.1 Å². The fraction of sp³-hybridized carbons (Fsp3) is 0.316. The molecule has 0 spiro atoms. The lowest BCUT2D eigenvalue weighted by Crippen LogP contribution is -2.32. The number of likely N-dealkylation sites (tertiary alicyclic amines) is 1. The van der Waals surface area contributed by atoms with Gasteiger partial charge < -0.3 is 15.1 Å².